The second kappa shape index (κ2) is 9.59. The van der Waals surface area contributed by atoms with E-state index in [0.29, 0.717) is 0 Å². The molecule has 2 fully saturated rings. The maximum absolute atomic E-state index is 10.6. The Morgan fingerprint density at radius 1 is 0.967 bits per heavy atom. The number of pyridine rings is 1. The zero-order valence-corrected chi connectivity index (χ0v) is 18.8. The minimum absolute atomic E-state index is 0.264. The van der Waals surface area contributed by atoms with Crippen LogP contribution in [-0.2, 0) is 19.5 Å². The van der Waals surface area contributed by atoms with Crippen LogP contribution in [0.3, 0.4) is 0 Å². The van der Waals surface area contributed by atoms with Gasteiger partial charge in [0.25, 0.3) is 0 Å². The Bertz CT molecular complexity index is 830. The van der Waals surface area contributed by atoms with Gasteiger partial charge in [-0.05, 0) is 86.5 Å². The second-order valence-electron chi connectivity index (χ2n) is 9.71. The number of benzene rings is 1. The fraction of sp³-hybridized carbons (Fsp3) is 0.577. The number of rotatable bonds is 6. The van der Waals surface area contributed by atoms with Crippen LogP contribution in [-0.4, -0.2) is 52.2 Å². The quantitative estimate of drug-likeness (QED) is 0.787. The van der Waals surface area contributed by atoms with Crippen molar-refractivity contribution in [1.82, 2.24) is 14.8 Å². The molecule has 30 heavy (non-hydrogen) atoms. The minimum Gasteiger partial charge on any atom is -0.391 e. The summed E-state index contributed by atoms with van der Waals surface area (Å²) in [5.41, 5.74) is 6.73. The molecule has 2 aliphatic heterocycles. The maximum Gasteiger partial charge on any atom is 0.0711 e. The Balaban J connectivity index is 1.40. The lowest BCUT2D eigenvalue weighted by atomic mass is 9.96. The lowest BCUT2D eigenvalue weighted by Gasteiger charge is -2.31. The summed E-state index contributed by atoms with van der Waals surface area (Å²) in [5, 5.41) is 10.6. The molecule has 0 bridgehead atoms. The molecule has 0 unspecified atom stereocenters. The smallest absolute Gasteiger partial charge is 0.0711 e. The topological polar surface area (TPSA) is 39.6 Å². The minimum atomic E-state index is -0.271. The predicted octanol–water partition coefficient (Wildman–Crippen LogP) is 3.97. The highest BCUT2D eigenvalue weighted by Crippen LogP contribution is 2.26. The summed E-state index contributed by atoms with van der Waals surface area (Å²) in [6.45, 7) is 13.0. The number of β-amino-alcohol motifs (C(OH)–C–C–N with tert-alkyl or cyclic N) is 1. The Kier molecular flexibility index (Phi) is 6.87. The van der Waals surface area contributed by atoms with Crippen LogP contribution in [0.4, 0.5) is 0 Å². The van der Waals surface area contributed by atoms with E-state index in [0.717, 1.165) is 44.2 Å². The fourth-order valence-corrected chi connectivity index (χ4v) is 5.05. The summed E-state index contributed by atoms with van der Waals surface area (Å²) in [4.78, 5) is 9.48. The summed E-state index contributed by atoms with van der Waals surface area (Å²) in [7, 11) is 0. The molecule has 1 aromatic heterocycles. The number of hydrogen-bond donors (Lipinski definition) is 1. The third-order valence-electron chi connectivity index (χ3n) is 7.14. The van der Waals surface area contributed by atoms with Crippen molar-refractivity contribution in [2.45, 2.75) is 59.2 Å². The first-order valence-electron chi connectivity index (χ1n) is 11.6. The molecule has 2 atom stereocenters. The molecule has 162 valence electrons. The van der Waals surface area contributed by atoms with Crippen LogP contribution in [0.2, 0.25) is 0 Å². The van der Waals surface area contributed by atoms with E-state index >= 15 is 0 Å². The van der Waals surface area contributed by atoms with Crippen LogP contribution in [0, 0.1) is 25.7 Å². The maximum atomic E-state index is 10.6. The molecule has 0 amide bonds. The van der Waals surface area contributed by atoms with Crippen molar-refractivity contribution in [3.63, 3.8) is 0 Å². The van der Waals surface area contributed by atoms with E-state index in [1.807, 2.05) is 18.3 Å². The van der Waals surface area contributed by atoms with Gasteiger partial charge in [0.05, 0.1) is 6.10 Å². The highest BCUT2D eigenvalue weighted by Gasteiger charge is 2.31. The summed E-state index contributed by atoms with van der Waals surface area (Å²) in [5.74, 6) is 1.14. The number of nitrogens with zero attached hydrogens (tertiary/aromatic N) is 3. The average Bonchev–Trinajstić information content (AvgIpc) is 3.07. The van der Waals surface area contributed by atoms with Crippen molar-refractivity contribution in [2.24, 2.45) is 11.8 Å². The van der Waals surface area contributed by atoms with Crippen LogP contribution >= 0.6 is 0 Å². The lowest BCUT2D eigenvalue weighted by Crippen LogP contribution is -2.32. The standard InChI is InChI=1S/C26H37N3O/c1-19-7-10-28(11-8-19)15-22-13-23(21(3)12-20(22)2)16-29-17-24(26(30)18-29)14-25-6-4-5-9-27-25/h4-6,9,12-13,19,24,26,30H,7-8,10-11,14-18H2,1-3H3/t24-,26-/m1/s1. The monoisotopic (exact) mass is 407 g/mol. The molecule has 4 rings (SSSR count). The zero-order valence-electron chi connectivity index (χ0n) is 18.8. The van der Waals surface area contributed by atoms with Gasteiger partial charge >= 0.3 is 0 Å². The number of likely N-dealkylation sites (tertiary alicyclic amines) is 2. The van der Waals surface area contributed by atoms with Crippen molar-refractivity contribution in [3.05, 3.63) is 64.5 Å². The highest BCUT2D eigenvalue weighted by atomic mass is 16.3. The van der Waals surface area contributed by atoms with Gasteiger partial charge in [-0.15, -0.1) is 0 Å². The third-order valence-corrected chi connectivity index (χ3v) is 7.14. The first-order valence-corrected chi connectivity index (χ1v) is 11.6. The van der Waals surface area contributed by atoms with Gasteiger partial charge in [0, 0.05) is 44.0 Å². The second-order valence-corrected chi connectivity index (χ2v) is 9.71. The van der Waals surface area contributed by atoms with Crippen molar-refractivity contribution < 1.29 is 5.11 Å². The molecule has 4 nitrogen and oxygen atoms in total. The van der Waals surface area contributed by atoms with Gasteiger partial charge in [0.2, 0.25) is 0 Å². The van der Waals surface area contributed by atoms with Crippen molar-refractivity contribution in [1.29, 1.82) is 0 Å². The molecule has 3 heterocycles. The SMILES string of the molecule is Cc1cc(C)c(CN2C[C@@H](Cc3ccccn3)[C@H](O)C2)cc1CN1CCC(C)CC1. The summed E-state index contributed by atoms with van der Waals surface area (Å²) in [6, 6.07) is 10.8. The van der Waals surface area contributed by atoms with Gasteiger partial charge < -0.3 is 5.11 Å². The normalized spacial score (nSPS) is 23.9. The molecular weight excluding hydrogens is 370 g/mol. The molecule has 2 aromatic rings. The summed E-state index contributed by atoms with van der Waals surface area (Å²) in [6.07, 6.45) is 5.06. The molecule has 1 N–H and O–H groups in total. The van der Waals surface area contributed by atoms with Gasteiger partial charge in [0.15, 0.2) is 0 Å². The van der Waals surface area contributed by atoms with Gasteiger partial charge in [-0.25, -0.2) is 0 Å². The molecule has 0 aliphatic carbocycles. The Labute approximate surface area is 181 Å². The Morgan fingerprint density at radius 2 is 1.67 bits per heavy atom. The number of aromatic nitrogens is 1. The van der Waals surface area contributed by atoms with E-state index in [9.17, 15) is 5.11 Å². The number of piperidine rings is 1. The fourth-order valence-electron chi connectivity index (χ4n) is 5.05. The third kappa shape index (κ3) is 5.29. The van der Waals surface area contributed by atoms with Crippen molar-refractivity contribution >= 4 is 0 Å². The molecule has 0 radical (unpaired) electrons. The largest absolute Gasteiger partial charge is 0.391 e. The van der Waals surface area contributed by atoms with Crippen molar-refractivity contribution in [3.8, 4) is 0 Å². The Hall–Kier alpha value is -1.75. The van der Waals surface area contributed by atoms with E-state index < -0.39 is 0 Å². The molecule has 1 aromatic carbocycles. The first-order chi connectivity index (χ1) is 14.5. The Morgan fingerprint density at radius 3 is 2.33 bits per heavy atom. The number of aliphatic hydroxyl groups is 1. The molecule has 2 saturated heterocycles. The number of aryl methyl sites for hydroxylation is 2. The predicted molar refractivity (Wildman–Crippen MR) is 122 cm³/mol. The highest BCUT2D eigenvalue weighted by molar-refractivity contribution is 5.37. The molecule has 2 aliphatic rings. The average molecular weight is 408 g/mol. The molecule has 0 saturated carbocycles. The zero-order chi connectivity index (χ0) is 21.1. The number of aliphatic hydroxyl groups excluding tert-OH is 1. The molecular formula is C26H37N3O. The first kappa shape index (κ1) is 21.5. The van der Waals surface area contributed by atoms with Gasteiger partial charge in [0.1, 0.15) is 0 Å². The molecule has 0 spiro atoms. The number of hydrogen-bond acceptors (Lipinski definition) is 4. The van der Waals surface area contributed by atoms with E-state index in [4.69, 9.17) is 0 Å². The van der Waals surface area contributed by atoms with Crippen LogP contribution in [0.25, 0.3) is 0 Å². The summed E-state index contributed by atoms with van der Waals surface area (Å²) < 4.78 is 0. The van der Waals surface area contributed by atoms with Crippen LogP contribution in [0.15, 0.2) is 36.5 Å². The summed E-state index contributed by atoms with van der Waals surface area (Å²) >= 11 is 0. The van der Waals surface area contributed by atoms with Crippen LogP contribution in [0.5, 0.6) is 0 Å². The van der Waals surface area contributed by atoms with Gasteiger partial charge in [-0.2, -0.15) is 0 Å². The van der Waals surface area contributed by atoms with Gasteiger partial charge in [-0.3, -0.25) is 14.8 Å². The van der Waals surface area contributed by atoms with E-state index in [2.05, 4.69) is 53.8 Å². The molecule has 4 heteroatoms. The van der Waals surface area contributed by atoms with E-state index in [1.165, 1.54) is 48.2 Å². The van der Waals surface area contributed by atoms with E-state index in [1.54, 1.807) is 0 Å². The van der Waals surface area contributed by atoms with E-state index in [-0.39, 0.29) is 12.0 Å². The van der Waals surface area contributed by atoms with Gasteiger partial charge in [-0.1, -0.05) is 25.1 Å². The van der Waals surface area contributed by atoms with Crippen LogP contribution < -0.4 is 0 Å². The van der Waals surface area contributed by atoms with Crippen molar-refractivity contribution in [2.75, 3.05) is 26.2 Å². The van der Waals surface area contributed by atoms with Crippen LogP contribution in [0.1, 0.15) is 47.7 Å². The lowest BCUT2D eigenvalue weighted by molar-refractivity contribution is 0.140.